The van der Waals surface area contributed by atoms with E-state index in [9.17, 15) is 4.39 Å². The minimum atomic E-state index is -0.183. The van der Waals surface area contributed by atoms with E-state index in [1.54, 1.807) is 24.8 Å². The van der Waals surface area contributed by atoms with Crippen molar-refractivity contribution in [1.82, 2.24) is 0 Å². The highest BCUT2D eigenvalue weighted by Crippen LogP contribution is 2.30. The predicted octanol–water partition coefficient (Wildman–Crippen LogP) is 3.82. The van der Waals surface area contributed by atoms with Gasteiger partial charge in [-0.05, 0) is 38.0 Å². The molecule has 1 aliphatic rings. The summed E-state index contributed by atoms with van der Waals surface area (Å²) in [4.78, 5) is 4.63. The van der Waals surface area contributed by atoms with E-state index in [1.165, 1.54) is 6.07 Å². The zero-order valence-electron chi connectivity index (χ0n) is 10.4. The average Bonchev–Trinajstić information content (AvgIpc) is 2.67. The molecule has 0 aliphatic carbocycles. The van der Waals surface area contributed by atoms with Crippen LogP contribution in [0.3, 0.4) is 0 Å². The molecule has 1 aromatic carbocycles. The SMILES string of the molecule is CCC1(C)CSC(Nc2ccc(C)c(F)c2)=N1. The van der Waals surface area contributed by atoms with Crippen molar-refractivity contribution in [2.75, 3.05) is 11.1 Å². The van der Waals surface area contributed by atoms with Crippen molar-refractivity contribution in [2.45, 2.75) is 32.7 Å². The molecule has 0 saturated heterocycles. The third kappa shape index (κ3) is 2.80. The maximum atomic E-state index is 13.4. The van der Waals surface area contributed by atoms with Gasteiger partial charge in [-0.3, -0.25) is 4.99 Å². The quantitative estimate of drug-likeness (QED) is 0.865. The van der Waals surface area contributed by atoms with Crippen molar-refractivity contribution in [3.05, 3.63) is 29.6 Å². The number of hydrogen-bond acceptors (Lipinski definition) is 3. The van der Waals surface area contributed by atoms with Crippen LogP contribution in [0.25, 0.3) is 0 Å². The fourth-order valence-corrected chi connectivity index (χ4v) is 2.76. The number of halogens is 1. The topological polar surface area (TPSA) is 24.4 Å². The molecular formula is C13H17FN2S. The highest BCUT2D eigenvalue weighted by molar-refractivity contribution is 8.14. The molecule has 0 saturated carbocycles. The van der Waals surface area contributed by atoms with Gasteiger partial charge in [-0.15, -0.1) is 0 Å². The first-order valence-corrected chi connectivity index (χ1v) is 6.77. The molecule has 0 bridgehead atoms. The second kappa shape index (κ2) is 4.69. The molecule has 0 aromatic heterocycles. The van der Waals surface area contributed by atoms with Gasteiger partial charge in [0.15, 0.2) is 5.17 Å². The number of aryl methyl sites for hydroxylation is 1. The van der Waals surface area contributed by atoms with Crippen molar-refractivity contribution in [1.29, 1.82) is 0 Å². The number of benzene rings is 1. The third-order valence-electron chi connectivity index (χ3n) is 3.08. The monoisotopic (exact) mass is 252 g/mol. The first kappa shape index (κ1) is 12.4. The summed E-state index contributed by atoms with van der Waals surface area (Å²) in [6.45, 7) is 6.04. The van der Waals surface area contributed by atoms with Crippen LogP contribution in [0.1, 0.15) is 25.8 Å². The Kier molecular flexibility index (Phi) is 3.43. The lowest BCUT2D eigenvalue weighted by Gasteiger charge is -2.15. The van der Waals surface area contributed by atoms with Gasteiger partial charge in [-0.1, -0.05) is 24.8 Å². The molecule has 0 spiro atoms. The summed E-state index contributed by atoms with van der Waals surface area (Å²) in [6.07, 6.45) is 1.02. The van der Waals surface area contributed by atoms with Crippen LogP contribution in [0.2, 0.25) is 0 Å². The molecule has 17 heavy (non-hydrogen) atoms. The number of nitrogens with zero attached hydrogens (tertiary/aromatic N) is 1. The summed E-state index contributed by atoms with van der Waals surface area (Å²) in [5, 5.41) is 4.06. The van der Waals surface area contributed by atoms with E-state index in [1.807, 2.05) is 6.07 Å². The van der Waals surface area contributed by atoms with E-state index in [2.05, 4.69) is 24.2 Å². The highest BCUT2D eigenvalue weighted by Gasteiger charge is 2.28. The second-order valence-electron chi connectivity index (χ2n) is 4.65. The Balaban J connectivity index is 2.12. The summed E-state index contributed by atoms with van der Waals surface area (Å²) in [7, 11) is 0. The zero-order valence-corrected chi connectivity index (χ0v) is 11.2. The van der Waals surface area contributed by atoms with Crippen molar-refractivity contribution < 1.29 is 4.39 Å². The molecule has 1 atom stereocenters. The van der Waals surface area contributed by atoms with Crippen molar-refractivity contribution in [3.63, 3.8) is 0 Å². The van der Waals surface area contributed by atoms with Gasteiger partial charge in [0.05, 0.1) is 5.54 Å². The molecule has 0 fully saturated rings. The molecular weight excluding hydrogens is 235 g/mol. The largest absolute Gasteiger partial charge is 0.335 e. The molecule has 4 heteroatoms. The normalized spacial score (nSPS) is 23.6. The second-order valence-corrected chi connectivity index (χ2v) is 5.61. The number of aliphatic imine (C=N–C) groups is 1. The lowest BCUT2D eigenvalue weighted by molar-refractivity contribution is 0.523. The average molecular weight is 252 g/mol. The van der Waals surface area contributed by atoms with Gasteiger partial charge in [0, 0.05) is 11.4 Å². The van der Waals surface area contributed by atoms with Crippen LogP contribution in [-0.2, 0) is 0 Å². The Morgan fingerprint density at radius 1 is 1.53 bits per heavy atom. The van der Waals surface area contributed by atoms with Crippen LogP contribution in [0.15, 0.2) is 23.2 Å². The summed E-state index contributed by atoms with van der Waals surface area (Å²) >= 11 is 1.70. The first-order valence-electron chi connectivity index (χ1n) is 5.78. The number of amidine groups is 1. The molecule has 2 rings (SSSR count). The van der Waals surface area contributed by atoms with Crippen LogP contribution in [0.5, 0.6) is 0 Å². The number of hydrogen-bond donors (Lipinski definition) is 1. The predicted molar refractivity (Wildman–Crippen MR) is 73.3 cm³/mol. The number of nitrogens with one attached hydrogen (secondary N) is 1. The summed E-state index contributed by atoms with van der Waals surface area (Å²) in [5.74, 6) is 0.803. The number of thioether (sulfide) groups is 1. The Morgan fingerprint density at radius 2 is 2.29 bits per heavy atom. The van der Waals surface area contributed by atoms with E-state index in [4.69, 9.17) is 0 Å². The van der Waals surface area contributed by atoms with Gasteiger partial charge < -0.3 is 5.32 Å². The standard InChI is InChI=1S/C13H17FN2S/c1-4-13(3)8-17-12(16-13)15-10-6-5-9(2)11(14)7-10/h5-7H,4,8H2,1-3H3,(H,15,16). The summed E-state index contributed by atoms with van der Waals surface area (Å²) in [5.41, 5.74) is 1.45. The fourth-order valence-electron chi connectivity index (χ4n) is 1.57. The Morgan fingerprint density at radius 3 is 2.88 bits per heavy atom. The number of rotatable bonds is 2. The van der Waals surface area contributed by atoms with E-state index < -0.39 is 0 Å². The fraction of sp³-hybridized carbons (Fsp3) is 0.462. The number of anilines is 1. The van der Waals surface area contributed by atoms with E-state index in [0.717, 1.165) is 23.0 Å². The highest BCUT2D eigenvalue weighted by atomic mass is 32.2. The molecule has 92 valence electrons. The van der Waals surface area contributed by atoms with Crippen molar-refractivity contribution >= 4 is 22.6 Å². The van der Waals surface area contributed by atoms with Crippen LogP contribution in [0, 0.1) is 12.7 Å². The lowest BCUT2D eigenvalue weighted by atomic mass is 10.0. The van der Waals surface area contributed by atoms with Crippen LogP contribution >= 0.6 is 11.8 Å². The van der Waals surface area contributed by atoms with E-state index >= 15 is 0 Å². The molecule has 1 unspecified atom stereocenters. The third-order valence-corrected chi connectivity index (χ3v) is 4.31. The lowest BCUT2D eigenvalue weighted by Crippen LogP contribution is -2.20. The zero-order chi connectivity index (χ0) is 12.5. The first-order chi connectivity index (χ1) is 8.02. The van der Waals surface area contributed by atoms with Crippen LogP contribution in [0.4, 0.5) is 10.1 Å². The van der Waals surface area contributed by atoms with Gasteiger partial charge in [-0.2, -0.15) is 0 Å². The van der Waals surface area contributed by atoms with E-state index in [0.29, 0.717) is 5.56 Å². The molecule has 1 aliphatic heterocycles. The van der Waals surface area contributed by atoms with Crippen molar-refractivity contribution in [2.24, 2.45) is 4.99 Å². The smallest absolute Gasteiger partial charge is 0.161 e. The van der Waals surface area contributed by atoms with Gasteiger partial charge >= 0.3 is 0 Å². The molecule has 1 aromatic rings. The molecule has 0 amide bonds. The summed E-state index contributed by atoms with van der Waals surface area (Å²) < 4.78 is 13.4. The summed E-state index contributed by atoms with van der Waals surface area (Å²) in [6, 6.07) is 5.17. The van der Waals surface area contributed by atoms with Crippen molar-refractivity contribution in [3.8, 4) is 0 Å². The van der Waals surface area contributed by atoms with Gasteiger partial charge in [0.2, 0.25) is 0 Å². The maximum absolute atomic E-state index is 13.4. The Hall–Kier alpha value is -1.03. The van der Waals surface area contributed by atoms with Gasteiger partial charge in [0.25, 0.3) is 0 Å². The molecule has 2 nitrogen and oxygen atoms in total. The van der Waals surface area contributed by atoms with Gasteiger partial charge in [-0.25, -0.2) is 4.39 Å². The maximum Gasteiger partial charge on any atom is 0.161 e. The molecule has 0 radical (unpaired) electrons. The molecule has 1 N–H and O–H groups in total. The Labute approximate surface area is 106 Å². The van der Waals surface area contributed by atoms with E-state index in [-0.39, 0.29) is 11.4 Å². The van der Waals surface area contributed by atoms with Gasteiger partial charge in [0.1, 0.15) is 5.82 Å². The Bertz CT molecular complexity index is 459. The minimum absolute atomic E-state index is 0.0240. The van der Waals surface area contributed by atoms with Crippen LogP contribution < -0.4 is 5.32 Å². The van der Waals surface area contributed by atoms with Crippen LogP contribution in [-0.4, -0.2) is 16.5 Å². The molecule has 1 heterocycles. The minimum Gasteiger partial charge on any atom is -0.335 e.